The zero-order chi connectivity index (χ0) is 13.8. The monoisotopic (exact) mass is 285 g/mol. The second kappa shape index (κ2) is 5.96. The van der Waals surface area contributed by atoms with Crippen molar-refractivity contribution in [1.82, 2.24) is 5.32 Å². The van der Waals surface area contributed by atoms with Gasteiger partial charge >= 0.3 is 0 Å². The number of benzene rings is 1. The molecule has 0 radical (unpaired) electrons. The highest BCUT2D eigenvalue weighted by Gasteiger charge is 2.22. The second-order valence-electron chi connectivity index (χ2n) is 3.97. The average molecular weight is 286 g/mol. The number of carbonyl (C=O) groups excluding carboxylic acids is 1. The molecule has 1 aromatic rings. The highest BCUT2D eigenvalue weighted by molar-refractivity contribution is 6.34. The van der Waals surface area contributed by atoms with Crippen LogP contribution in [0.5, 0.6) is 0 Å². The molecule has 1 saturated heterocycles. The van der Waals surface area contributed by atoms with Crippen molar-refractivity contribution < 1.29 is 14.5 Å². The van der Waals surface area contributed by atoms with Crippen molar-refractivity contribution in [2.45, 2.75) is 6.10 Å². The molecule has 0 bridgehead atoms. The van der Waals surface area contributed by atoms with E-state index in [2.05, 4.69) is 10.6 Å². The summed E-state index contributed by atoms with van der Waals surface area (Å²) in [4.78, 5) is 21.9. The number of anilines is 1. The number of carbonyl (C=O) groups is 1. The van der Waals surface area contributed by atoms with E-state index in [4.69, 9.17) is 16.3 Å². The molecule has 2 N–H and O–H groups in total. The van der Waals surface area contributed by atoms with Crippen molar-refractivity contribution in [1.29, 1.82) is 0 Å². The topological polar surface area (TPSA) is 93.5 Å². The van der Waals surface area contributed by atoms with Gasteiger partial charge < -0.3 is 15.4 Å². The van der Waals surface area contributed by atoms with Crippen LogP contribution in [0.2, 0.25) is 5.02 Å². The lowest BCUT2D eigenvalue weighted by Gasteiger charge is -2.22. The third-order valence-electron chi connectivity index (χ3n) is 2.64. The van der Waals surface area contributed by atoms with Crippen LogP contribution in [0.15, 0.2) is 18.2 Å². The maximum absolute atomic E-state index is 11.9. The minimum absolute atomic E-state index is 0.117. The number of hydrogen-bond donors (Lipinski definition) is 2. The first-order valence-corrected chi connectivity index (χ1v) is 6.03. The van der Waals surface area contributed by atoms with Gasteiger partial charge in [0.15, 0.2) is 0 Å². The van der Waals surface area contributed by atoms with Crippen LogP contribution < -0.4 is 10.6 Å². The fraction of sp³-hybridized carbons (Fsp3) is 0.364. The summed E-state index contributed by atoms with van der Waals surface area (Å²) in [5.41, 5.74) is 0.199. The Morgan fingerprint density at radius 1 is 1.58 bits per heavy atom. The van der Waals surface area contributed by atoms with E-state index in [0.717, 1.165) is 0 Å². The number of halogens is 1. The number of ether oxygens (including phenoxy) is 1. The molecule has 8 heteroatoms. The first-order valence-electron chi connectivity index (χ1n) is 5.65. The number of morpholine rings is 1. The molecule has 2 rings (SSSR count). The molecule has 1 atom stereocenters. The first-order chi connectivity index (χ1) is 9.08. The smallest absolute Gasteiger partial charge is 0.271 e. The van der Waals surface area contributed by atoms with Crippen molar-refractivity contribution in [3.05, 3.63) is 33.3 Å². The Hall–Kier alpha value is -1.70. The number of nitro groups is 1. The third-order valence-corrected chi connectivity index (χ3v) is 2.95. The van der Waals surface area contributed by atoms with E-state index in [1.807, 2.05) is 0 Å². The molecule has 102 valence electrons. The number of nitrogens with zero attached hydrogens (tertiary/aromatic N) is 1. The lowest BCUT2D eigenvalue weighted by molar-refractivity contribution is -0.384. The zero-order valence-corrected chi connectivity index (χ0v) is 10.6. The summed E-state index contributed by atoms with van der Waals surface area (Å²) in [5, 5.41) is 16.3. The summed E-state index contributed by atoms with van der Waals surface area (Å²) in [7, 11) is 0. The molecule has 1 aliphatic rings. The van der Waals surface area contributed by atoms with Crippen LogP contribution in [0.4, 0.5) is 11.4 Å². The van der Waals surface area contributed by atoms with E-state index < -0.39 is 11.0 Å². The van der Waals surface area contributed by atoms with Crippen LogP contribution in [-0.4, -0.2) is 36.6 Å². The molecule has 1 heterocycles. The molecule has 1 aliphatic heterocycles. The van der Waals surface area contributed by atoms with E-state index in [9.17, 15) is 14.9 Å². The SMILES string of the molecule is O=C(Nc1ccc([N+](=O)[O-])cc1Cl)C1CNCCO1. The van der Waals surface area contributed by atoms with E-state index >= 15 is 0 Å². The molecule has 7 nitrogen and oxygen atoms in total. The van der Waals surface area contributed by atoms with Crippen molar-refractivity contribution in [3.8, 4) is 0 Å². The van der Waals surface area contributed by atoms with E-state index in [1.54, 1.807) is 0 Å². The predicted octanol–water partition coefficient (Wildman–Crippen LogP) is 1.18. The van der Waals surface area contributed by atoms with Gasteiger partial charge in [0.1, 0.15) is 6.10 Å². The van der Waals surface area contributed by atoms with Gasteiger partial charge in [-0.05, 0) is 6.07 Å². The molecule has 0 saturated carbocycles. The lowest BCUT2D eigenvalue weighted by Crippen LogP contribution is -2.45. The maximum atomic E-state index is 11.9. The van der Waals surface area contributed by atoms with Crippen molar-refractivity contribution in [2.24, 2.45) is 0 Å². The van der Waals surface area contributed by atoms with Gasteiger partial charge in [0, 0.05) is 25.2 Å². The van der Waals surface area contributed by atoms with Crippen LogP contribution in [0.25, 0.3) is 0 Å². The summed E-state index contributed by atoms with van der Waals surface area (Å²) in [6.07, 6.45) is -0.583. The maximum Gasteiger partial charge on any atom is 0.271 e. The van der Waals surface area contributed by atoms with Gasteiger partial charge in [0.05, 0.1) is 22.2 Å². The van der Waals surface area contributed by atoms with Crippen molar-refractivity contribution >= 4 is 28.9 Å². The average Bonchev–Trinajstić information content (AvgIpc) is 2.41. The molecule has 1 aromatic carbocycles. The molecule has 19 heavy (non-hydrogen) atoms. The Balaban J connectivity index is 2.06. The number of rotatable bonds is 3. The van der Waals surface area contributed by atoms with E-state index in [0.29, 0.717) is 25.4 Å². The van der Waals surface area contributed by atoms with Gasteiger partial charge in [-0.2, -0.15) is 0 Å². The van der Waals surface area contributed by atoms with Gasteiger partial charge in [-0.25, -0.2) is 0 Å². The summed E-state index contributed by atoms with van der Waals surface area (Å²) in [6.45, 7) is 1.60. The van der Waals surface area contributed by atoms with Crippen molar-refractivity contribution in [2.75, 3.05) is 25.0 Å². The third kappa shape index (κ3) is 3.40. The molecule has 1 fully saturated rings. The molecule has 0 spiro atoms. The zero-order valence-electron chi connectivity index (χ0n) is 9.89. The van der Waals surface area contributed by atoms with E-state index in [-0.39, 0.29) is 16.6 Å². The number of non-ortho nitro benzene ring substituents is 1. The van der Waals surface area contributed by atoms with Gasteiger partial charge in [-0.15, -0.1) is 0 Å². The van der Waals surface area contributed by atoms with Crippen LogP contribution >= 0.6 is 11.6 Å². The summed E-state index contributed by atoms with van der Waals surface area (Å²) < 4.78 is 5.29. The highest BCUT2D eigenvalue weighted by atomic mass is 35.5. The Kier molecular flexibility index (Phi) is 4.31. The van der Waals surface area contributed by atoms with Gasteiger partial charge in [-0.3, -0.25) is 14.9 Å². The molecule has 1 amide bonds. The number of nitro benzene ring substituents is 1. The van der Waals surface area contributed by atoms with Gasteiger partial charge in [0.2, 0.25) is 0 Å². The molecular weight excluding hydrogens is 274 g/mol. The number of nitrogens with one attached hydrogen (secondary N) is 2. The van der Waals surface area contributed by atoms with Crippen molar-refractivity contribution in [3.63, 3.8) is 0 Å². The molecular formula is C11H12ClN3O4. The minimum atomic E-state index is -0.583. The molecule has 1 unspecified atom stereocenters. The highest BCUT2D eigenvalue weighted by Crippen LogP contribution is 2.26. The Morgan fingerprint density at radius 3 is 2.95 bits per heavy atom. The molecule has 0 aromatic heterocycles. The normalized spacial score (nSPS) is 18.9. The van der Waals surface area contributed by atoms with Crippen LogP contribution in [-0.2, 0) is 9.53 Å². The van der Waals surface area contributed by atoms with Gasteiger partial charge in [0.25, 0.3) is 11.6 Å². The fourth-order valence-electron chi connectivity index (χ4n) is 1.67. The second-order valence-corrected chi connectivity index (χ2v) is 4.38. The number of hydrogen-bond acceptors (Lipinski definition) is 5. The summed E-state index contributed by atoms with van der Waals surface area (Å²) in [6, 6.07) is 3.87. The van der Waals surface area contributed by atoms with E-state index in [1.165, 1.54) is 18.2 Å². The van der Waals surface area contributed by atoms with Crippen LogP contribution in [0.3, 0.4) is 0 Å². The number of amides is 1. The standard InChI is InChI=1S/C11H12ClN3O4/c12-8-5-7(15(17)18)1-2-9(8)14-11(16)10-6-13-3-4-19-10/h1-2,5,10,13H,3-4,6H2,(H,14,16). The van der Waals surface area contributed by atoms with Crippen LogP contribution in [0.1, 0.15) is 0 Å². The summed E-state index contributed by atoms with van der Waals surface area (Å²) in [5.74, 6) is -0.331. The Labute approximate surface area is 114 Å². The quantitative estimate of drug-likeness (QED) is 0.642. The Morgan fingerprint density at radius 2 is 2.37 bits per heavy atom. The first kappa shape index (κ1) is 13.7. The summed E-state index contributed by atoms with van der Waals surface area (Å²) >= 11 is 5.88. The molecule has 0 aliphatic carbocycles. The predicted molar refractivity (Wildman–Crippen MR) is 69.3 cm³/mol. The largest absolute Gasteiger partial charge is 0.366 e. The minimum Gasteiger partial charge on any atom is -0.366 e. The fourth-order valence-corrected chi connectivity index (χ4v) is 1.89. The lowest BCUT2D eigenvalue weighted by atomic mass is 10.2. The Bertz CT molecular complexity index is 503. The van der Waals surface area contributed by atoms with Crippen LogP contribution in [0, 0.1) is 10.1 Å². The van der Waals surface area contributed by atoms with Gasteiger partial charge in [-0.1, -0.05) is 11.6 Å².